The van der Waals surface area contributed by atoms with Crippen molar-refractivity contribution in [1.29, 1.82) is 0 Å². The minimum Gasteiger partial charge on any atom is -0.166 e. The van der Waals surface area contributed by atoms with Gasteiger partial charge < -0.3 is 0 Å². The molecule has 0 aliphatic heterocycles. The minimum atomic E-state index is -4.24. The first-order valence-electron chi connectivity index (χ1n) is 5.41. The lowest BCUT2D eigenvalue weighted by molar-refractivity contribution is -0.137. The van der Waals surface area contributed by atoms with E-state index in [9.17, 15) is 13.2 Å². The Hall–Kier alpha value is -1.25. The van der Waals surface area contributed by atoms with Gasteiger partial charge in [-0.25, -0.2) is 0 Å². The molecule has 1 aromatic carbocycles. The van der Waals surface area contributed by atoms with E-state index in [-0.39, 0.29) is 5.92 Å². The van der Waals surface area contributed by atoms with Crippen molar-refractivity contribution in [3.05, 3.63) is 47.5 Å². The maximum atomic E-state index is 12.3. The van der Waals surface area contributed by atoms with Crippen LogP contribution in [0.3, 0.4) is 0 Å². The average Bonchev–Trinajstić information content (AvgIpc) is 2.29. The molecule has 0 radical (unpaired) electrons. The fourth-order valence-corrected chi connectivity index (χ4v) is 2.01. The van der Waals surface area contributed by atoms with Crippen LogP contribution in [0.2, 0.25) is 0 Å². The van der Waals surface area contributed by atoms with Crippen LogP contribution in [-0.2, 0) is 6.18 Å². The van der Waals surface area contributed by atoms with Gasteiger partial charge in [0.05, 0.1) is 5.56 Å². The molecule has 1 aliphatic rings. The summed E-state index contributed by atoms with van der Waals surface area (Å²) in [6, 6.07) is 5.50. The monoisotopic (exact) mass is 226 g/mol. The second-order valence-electron chi connectivity index (χ2n) is 4.09. The zero-order valence-corrected chi connectivity index (χ0v) is 8.80. The molecule has 2 rings (SSSR count). The van der Waals surface area contributed by atoms with Crippen molar-refractivity contribution in [2.75, 3.05) is 0 Å². The molecule has 0 aromatic heterocycles. The highest BCUT2D eigenvalue weighted by molar-refractivity contribution is 5.30. The van der Waals surface area contributed by atoms with Crippen molar-refractivity contribution >= 4 is 0 Å². The molecular formula is C13H13F3. The van der Waals surface area contributed by atoms with E-state index in [1.54, 1.807) is 12.1 Å². The summed E-state index contributed by atoms with van der Waals surface area (Å²) < 4.78 is 37.0. The summed E-state index contributed by atoms with van der Waals surface area (Å²) in [6.07, 6.45) is 3.18. The number of rotatable bonds is 1. The molecule has 3 heteroatoms. The molecule has 1 unspecified atom stereocenters. The fraction of sp³-hybridized carbons (Fsp3) is 0.385. The first-order chi connectivity index (χ1) is 7.57. The standard InChI is InChI=1S/C13H13F3/c14-13(15,16)12-8-6-11(7-9-12)10-4-2-1-3-5-10/h2,4,6-10H,1,3,5H2. The van der Waals surface area contributed by atoms with Crippen LogP contribution >= 0.6 is 0 Å². The molecule has 1 aliphatic carbocycles. The van der Waals surface area contributed by atoms with Crippen LogP contribution in [0.1, 0.15) is 36.3 Å². The Kier molecular flexibility index (Phi) is 3.03. The summed E-state index contributed by atoms with van der Waals surface area (Å²) in [5, 5.41) is 0. The minimum absolute atomic E-state index is 0.288. The van der Waals surface area contributed by atoms with E-state index in [4.69, 9.17) is 0 Å². The van der Waals surface area contributed by atoms with E-state index in [0.717, 1.165) is 37.0 Å². The quantitative estimate of drug-likeness (QED) is 0.617. The van der Waals surface area contributed by atoms with E-state index in [1.165, 1.54) is 0 Å². The van der Waals surface area contributed by atoms with Gasteiger partial charge in [-0.2, -0.15) is 13.2 Å². The van der Waals surface area contributed by atoms with Crippen LogP contribution < -0.4 is 0 Å². The Morgan fingerprint density at radius 1 is 1.06 bits per heavy atom. The fourth-order valence-electron chi connectivity index (χ4n) is 2.01. The highest BCUT2D eigenvalue weighted by Gasteiger charge is 2.30. The smallest absolute Gasteiger partial charge is 0.166 e. The Morgan fingerprint density at radius 3 is 2.25 bits per heavy atom. The maximum Gasteiger partial charge on any atom is 0.416 e. The molecule has 1 aromatic rings. The SMILES string of the molecule is FC(F)(F)c1ccc(C2C=CCCC2)cc1. The molecule has 16 heavy (non-hydrogen) atoms. The highest BCUT2D eigenvalue weighted by atomic mass is 19.4. The van der Waals surface area contributed by atoms with Gasteiger partial charge in [0.1, 0.15) is 0 Å². The van der Waals surface area contributed by atoms with Gasteiger partial charge in [-0.05, 0) is 37.0 Å². The zero-order chi connectivity index (χ0) is 11.6. The van der Waals surface area contributed by atoms with Crippen molar-refractivity contribution in [2.24, 2.45) is 0 Å². The average molecular weight is 226 g/mol. The van der Waals surface area contributed by atoms with Crippen molar-refractivity contribution in [1.82, 2.24) is 0 Å². The first kappa shape index (κ1) is 11.2. The van der Waals surface area contributed by atoms with E-state index >= 15 is 0 Å². The third kappa shape index (κ3) is 2.46. The predicted molar refractivity (Wildman–Crippen MR) is 57.2 cm³/mol. The van der Waals surface area contributed by atoms with Gasteiger partial charge in [-0.1, -0.05) is 24.3 Å². The number of hydrogen-bond acceptors (Lipinski definition) is 0. The number of benzene rings is 1. The molecule has 0 saturated heterocycles. The summed E-state index contributed by atoms with van der Waals surface area (Å²) in [4.78, 5) is 0. The topological polar surface area (TPSA) is 0 Å². The van der Waals surface area contributed by atoms with E-state index in [1.807, 2.05) is 0 Å². The van der Waals surface area contributed by atoms with Gasteiger partial charge in [-0.3, -0.25) is 0 Å². The normalized spacial score (nSPS) is 21.1. The Morgan fingerprint density at radius 2 is 1.75 bits per heavy atom. The van der Waals surface area contributed by atoms with Gasteiger partial charge >= 0.3 is 6.18 Å². The van der Waals surface area contributed by atoms with Gasteiger partial charge in [0.15, 0.2) is 0 Å². The Bertz CT molecular complexity index is 373. The number of halogens is 3. The summed E-state index contributed by atoms with van der Waals surface area (Å²) in [7, 11) is 0. The molecule has 1 atom stereocenters. The molecule has 0 N–H and O–H groups in total. The maximum absolute atomic E-state index is 12.3. The lowest BCUT2D eigenvalue weighted by atomic mass is 9.89. The van der Waals surface area contributed by atoms with Crippen molar-refractivity contribution in [3.8, 4) is 0 Å². The molecule has 0 heterocycles. The summed E-state index contributed by atoms with van der Waals surface area (Å²) >= 11 is 0. The summed E-state index contributed by atoms with van der Waals surface area (Å²) in [6.45, 7) is 0. The van der Waals surface area contributed by atoms with Crippen LogP contribution in [0.5, 0.6) is 0 Å². The molecule has 0 saturated carbocycles. The molecule has 0 nitrogen and oxygen atoms in total. The van der Waals surface area contributed by atoms with Gasteiger partial charge in [0.2, 0.25) is 0 Å². The second kappa shape index (κ2) is 4.32. The highest BCUT2D eigenvalue weighted by Crippen LogP contribution is 2.32. The van der Waals surface area contributed by atoms with Crippen LogP contribution in [-0.4, -0.2) is 0 Å². The largest absolute Gasteiger partial charge is 0.416 e. The van der Waals surface area contributed by atoms with E-state index in [0.29, 0.717) is 0 Å². The molecule has 0 fully saturated rings. The van der Waals surface area contributed by atoms with Crippen molar-refractivity contribution < 1.29 is 13.2 Å². The zero-order valence-electron chi connectivity index (χ0n) is 8.80. The van der Waals surface area contributed by atoms with Crippen molar-refractivity contribution in [2.45, 2.75) is 31.4 Å². The number of allylic oxidation sites excluding steroid dienone is 2. The van der Waals surface area contributed by atoms with Gasteiger partial charge in [0, 0.05) is 5.92 Å². The molecule has 0 amide bonds. The van der Waals surface area contributed by atoms with Crippen LogP contribution in [0.25, 0.3) is 0 Å². The molecular weight excluding hydrogens is 213 g/mol. The van der Waals surface area contributed by atoms with Crippen LogP contribution in [0, 0.1) is 0 Å². The Balaban J connectivity index is 2.19. The van der Waals surface area contributed by atoms with E-state index < -0.39 is 11.7 Å². The van der Waals surface area contributed by atoms with E-state index in [2.05, 4.69) is 12.2 Å². The van der Waals surface area contributed by atoms with Gasteiger partial charge in [0.25, 0.3) is 0 Å². The van der Waals surface area contributed by atoms with Crippen LogP contribution in [0.15, 0.2) is 36.4 Å². The van der Waals surface area contributed by atoms with Gasteiger partial charge in [-0.15, -0.1) is 0 Å². The summed E-state index contributed by atoms with van der Waals surface area (Å²) in [5.41, 5.74) is 0.403. The second-order valence-corrected chi connectivity index (χ2v) is 4.09. The molecule has 86 valence electrons. The first-order valence-corrected chi connectivity index (χ1v) is 5.41. The van der Waals surface area contributed by atoms with Crippen LogP contribution in [0.4, 0.5) is 13.2 Å². The number of alkyl halides is 3. The third-order valence-corrected chi connectivity index (χ3v) is 2.92. The number of hydrogen-bond donors (Lipinski definition) is 0. The Labute approximate surface area is 92.8 Å². The lowest BCUT2D eigenvalue weighted by Crippen LogP contribution is -2.05. The third-order valence-electron chi connectivity index (χ3n) is 2.92. The van der Waals surface area contributed by atoms with Crippen molar-refractivity contribution in [3.63, 3.8) is 0 Å². The molecule has 0 spiro atoms. The summed E-state index contributed by atoms with van der Waals surface area (Å²) in [5.74, 6) is 0.288. The lowest BCUT2D eigenvalue weighted by Gasteiger charge is -2.17. The predicted octanol–water partition coefficient (Wildman–Crippen LogP) is 4.53. The molecule has 0 bridgehead atoms.